The first-order valence-corrected chi connectivity index (χ1v) is 10.0. The first-order chi connectivity index (χ1) is 13.5. The summed E-state index contributed by atoms with van der Waals surface area (Å²) in [6, 6.07) is 10.5. The van der Waals surface area contributed by atoms with Gasteiger partial charge in [0.15, 0.2) is 6.61 Å². The second kappa shape index (κ2) is 9.30. The highest BCUT2D eigenvalue weighted by atomic mass is 35.5. The summed E-state index contributed by atoms with van der Waals surface area (Å²) in [5.41, 5.74) is 2.68. The summed E-state index contributed by atoms with van der Waals surface area (Å²) in [6.07, 6.45) is 3.17. The minimum atomic E-state index is -0.291. The van der Waals surface area contributed by atoms with E-state index in [4.69, 9.17) is 27.9 Å². The Morgan fingerprint density at radius 2 is 2.00 bits per heavy atom. The Kier molecular flexibility index (Phi) is 6.81. The number of rotatable bonds is 7. The van der Waals surface area contributed by atoms with Gasteiger partial charge in [0.1, 0.15) is 5.75 Å². The largest absolute Gasteiger partial charge is 0.482 e. The SMILES string of the molecule is CCCCN1C(=O)CCc2cc(NC(=O)COc3ccc(Cl)cc3Cl)ccc21. The summed E-state index contributed by atoms with van der Waals surface area (Å²) in [7, 11) is 0. The van der Waals surface area contributed by atoms with Crippen LogP contribution < -0.4 is 15.0 Å². The molecule has 0 radical (unpaired) electrons. The van der Waals surface area contributed by atoms with Gasteiger partial charge in [0.2, 0.25) is 5.91 Å². The third kappa shape index (κ3) is 4.97. The minimum absolute atomic E-state index is 0.158. The Hall–Kier alpha value is -2.24. The second-order valence-electron chi connectivity index (χ2n) is 6.65. The number of hydrogen-bond donors (Lipinski definition) is 1. The number of carbonyl (C=O) groups is 2. The molecule has 28 heavy (non-hydrogen) atoms. The number of fused-ring (bicyclic) bond motifs is 1. The van der Waals surface area contributed by atoms with Crippen LogP contribution in [-0.4, -0.2) is 25.0 Å². The van der Waals surface area contributed by atoms with E-state index in [1.54, 1.807) is 18.2 Å². The van der Waals surface area contributed by atoms with E-state index in [9.17, 15) is 9.59 Å². The number of benzene rings is 2. The van der Waals surface area contributed by atoms with Gasteiger partial charge in [-0.2, -0.15) is 0 Å². The molecule has 2 amide bonds. The normalized spacial score (nSPS) is 13.2. The molecule has 1 N–H and O–H groups in total. The first kappa shape index (κ1) is 20.5. The summed E-state index contributed by atoms with van der Waals surface area (Å²) >= 11 is 11.9. The smallest absolute Gasteiger partial charge is 0.262 e. The zero-order valence-corrected chi connectivity index (χ0v) is 17.1. The van der Waals surface area contributed by atoms with Crippen molar-refractivity contribution >= 4 is 46.4 Å². The molecule has 148 valence electrons. The van der Waals surface area contributed by atoms with Crippen LogP contribution in [0.25, 0.3) is 0 Å². The van der Waals surface area contributed by atoms with Gasteiger partial charge in [-0.05, 0) is 54.8 Å². The number of carbonyl (C=O) groups excluding carboxylic acids is 2. The third-order valence-electron chi connectivity index (χ3n) is 4.55. The van der Waals surface area contributed by atoms with Gasteiger partial charge in [-0.3, -0.25) is 9.59 Å². The van der Waals surface area contributed by atoms with E-state index in [2.05, 4.69) is 12.2 Å². The van der Waals surface area contributed by atoms with Gasteiger partial charge >= 0.3 is 0 Å². The fourth-order valence-electron chi connectivity index (χ4n) is 3.13. The Morgan fingerprint density at radius 3 is 2.75 bits per heavy atom. The molecule has 2 aromatic carbocycles. The first-order valence-electron chi connectivity index (χ1n) is 9.29. The fourth-order valence-corrected chi connectivity index (χ4v) is 3.59. The van der Waals surface area contributed by atoms with Gasteiger partial charge in [0.05, 0.1) is 5.02 Å². The van der Waals surface area contributed by atoms with Crippen molar-refractivity contribution < 1.29 is 14.3 Å². The molecule has 7 heteroatoms. The van der Waals surface area contributed by atoms with E-state index in [-0.39, 0.29) is 18.4 Å². The maximum Gasteiger partial charge on any atom is 0.262 e. The number of ether oxygens (including phenoxy) is 1. The van der Waals surface area contributed by atoms with Crippen molar-refractivity contribution in [3.8, 4) is 5.75 Å². The molecule has 0 aromatic heterocycles. The third-order valence-corrected chi connectivity index (χ3v) is 5.08. The van der Waals surface area contributed by atoms with Crippen LogP contribution in [0.4, 0.5) is 11.4 Å². The summed E-state index contributed by atoms with van der Waals surface area (Å²) < 4.78 is 5.46. The summed E-state index contributed by atoms with van der Waals surface area (Å²) in [6.45, 7) is 2.66. The summed E-state index contributed by atoms with van der Waals surface area (Å²) in [5, 5.41) is 3.68. The average Bonchev–Trinajstić information content (AvgIpc) is 2.66. The lowest BCUT2D eigenvalue weighted by molar-refractivity contribution is -0.119. The topological polar surface area (TPSA) is 58.6 Å². The van der Waals surface area contributed by atoms with E-state index in [0.29, 0.717) is 34.3 Å². The Bertz CT molecular complexity index is 886. The van der Waals surface area contributed by atoms with Crippen molar-refractivity contribution in [2.24, 2.45) is 0 Å². The quantitative estimate of drug-likeness (QED) is 0.678. The molecule has 0 atom stereocenters. The molecule has 1 aliphatic heterocycles. The maximum atomic E-state index is 12.2. The predicted octanol–water partition coefficient (Wildman–Crippen LogP) is 5.09. The predicted molar refractivity (Wildman–Crippen MR) is 113 cm³/mol. The minimum Gasteiger partial charge on any atom is -0.482 e. The number of nitrogens with zero attached hydrogens (tertiary/aromatic N) is 1. The van der Waals surface area contributed by atoms with Gasteiger partial charge in [0, 0.05) is 29.4 Å². The lowest BCUT2D eigenvalue weighted by Gasteiger charge is -2.29. The van der Waals surface area contributed by atoms with Crippen LogP contribution in [0.3, 0.4) is 0 Å². The molecule has 0 fully saturated rings. The number of anilines is 2. The lowest BCUT2D eigenvalue weighted by atomic mass is 10.00. The van der Waals surface area contributed by atoms with Crippen LogP contribution >= 0.6 is 23.2 Å². The van der Waals surface area contributed by atoms with Crippen molar-refractivity contribution in [3.63, 3.8) is 0 Å². The molecular formula is C21H22Cl2N2O3. The molecule has 3 rings (SSSR count). The number of nitrogens with one attached hydrogen (secondary N) is 1. The van der Waals surface area contributed by atoms with Crippen molar-refractivity contribution in [1.82, 2.24) is 0 Å². The number of hydrogen-bond acceptors (Lipinski definition) is 3. The lowest BCUT2D eigenvalue weighted by Crippen LogP contribution is -2.35. The molecule has 5 nitrogen and oxygen atoms in total. The molecular weight excluding hydrogens is 399 g/mol. The highest BCUT2D eigenvalue weighted by Crippen LogP contribution is 2.31. The Labute approximate surface area is 174 Å². The molecule has 1 aliphatic rings. The molecule has 0 spiro atoms. The van der Waals surface area contributed by atoms with Gasteiger partial charge in [-0.15, -0.1) is 0 Å². The summed E-state index contributed by atoms with van der Waals surface area (Å²) in [5.74, 6) is 0.267. The van der Waals surface area contributed by atoms with Crippen molar-refractivity contribution in [1.29, 1.82) is 0 Å². The maximum absolute atomic E-state index is 12.2. The highest BCUT2D eigenvalue weighted by Gasteiger charge is 2.23. The fraction of sp³-hybridized carbons (Fsp3) is 0.333. The van der Waals surface area contributed by atoms with Crippen LogP contribution in [0.15, 0.2) is 36.4 Å². The average molecular weight is 421 g/mol. The molecule has 0 saturated heterocycles. The summed E-state index contributed by atoms with van der Waals surface area (Å²) in [4.78, 5) is 26.3. The van der Waals surface area contributed by atoms with Crippen LogP contribution in [0.1, 0.15) is 31.7 Å². The molecule has 0 unspecified atom stereocenters. The number of halogens is 2. The number of aryl methyl sites for hydroxylation is 1. The van der Waals surface area contributed by atoms with Crippen LogP contribution in [0.2, 0.25) is 10.0 Å². The van der Waals surface area contributed by atoms with Crippen LogP contribution in [0.5, 0.6) is 5.75 Å². The van der Waals surface area contributed by atoms with E-state index in [1.807, 2.05) is 23.1 Å². The van der Waals surface area contributed by atoms with E-state index in [1.165, 1.54) is 0 Å². The second-order valence-corrected chi connectivity index (χ2v) is 7.50. The zero-order chi connectivity index (χ0) is 20.1. The van der Waals surface area contributed by atoms with Crippen molar-refractivity contribution in [2.75, 3.05) is 23.4 Å². The zero-order valence-electron chi connectivity index (χ0n) is 15.6. The van der Waals surface area contributed by atoms with Gasteiger partial charge in [-0.25, -0.2) is 0 Å². The monoisotopic (exact) mass is 420 g/mol. The Morgan fingerprint density at radius 1 is 1.18 bits per heavy atom. The van der Waals surface area contributed by atoms with Gasteiger partial charge in [-0.1, -0.05) is 36.5 Å². The number of amides is 2. The van der Waals surface area contributed by atoms with Crippen LogP contribution in [0, 0.1) is 0 Å². The molecule has 0 aliphatic carbocycles. The molecule has 0 saturated carbocycles. The molecule has 0 bridgehead atoms. The highest BCUT2D eigenvalue weighted by molar-refractivity contribution is 6.35. The molecule has 2 aromatic rings. The van der Waals surface area contributed by atoms with E-state index in [0.717, 1.165) is 30.6 Å². The van der Waals surface area contributed by atoms with E-state index >= 15 is 0 Å². The van der Waals surface area contributed by atoms with Crippen LogP contribution in [-0.2, 0) is 16.0 Å². The molecule has 1 heterocycles. The van der Waals surface area contributed by atoms with E-state index < -0.39 is 0 Å². The van der Waals surface area contributed by atoms with Gasteiger partial charge in [0.25, 0.3) is 5.91 Å². The van der Waals surface area contributed by atoms with Gasteiger partial charge < -0.3 is 15.0 Å². The Balaban J connectivity index is 1.63. The van der Waals surface area contributed by atoms with Crippen molar-refractivity contribution in [2.45, 2.75) is 32.6 Å². The number of unbranched alkanes of at least 4 members (excludes halogenated alkanes) is 1. The standard InChI is InChI=1S/C21H22Cl2N2O3/c1-2-3-10-25-18-7-6-16(11-14(18)4-9-21(25)27)24-20(26)13-28-19-8-5-15(22)12-17(19)23/h5-8,11-12H,2-4,9-10,13H2,1H3,(H,24,26). The van der Waals surface area contributed by atoms with Crippen molar-refractivity contribution in [3.05, 3.63) is 52.0 Å².